The molecular weight excluding hydrogens is 208 g/mol. The standard InChI is InChI=1S/C10H26N2SSi/c1-6-9(2)12(10(3,4)5)13(11)7-14-8-13/h9H,6-8,11,14H2,1-5H3. The number of hydrogen-bond donors (Lipinski definition) is 1. The molecule has 0 saturated carbocycles. The Morgan fingerprint density at radius 1 is 1.43 bits per heavy atom. The Morgan fingerprint density at radius 3 is 2.14 bits per heavy atom. The molecule has 86 valence electrons. The van der Waals surface area contributed by atoms with Crippen molar-refractivity contribution < 1.29 is 0 Å². The van der Waals surface area contributed by atoms with Gasteiger partial charge >= 0.3 is 0 Å². The van der Waals surface area contributed by atoms with Crippen LogP contribution in [0.1, 0.15) is 41.0 Å². The van der Waals surface area contributed by atoms with E-state index in [-0.39, 0.29) is 15.1 Å². The summed E-state index contributed by atoms with van der Waals surface area (Å²) in [5, 5.41) is 9.32. The Morgan fingerprint density at radius 2 is 1.93 bits per heavy atom. The average Bonchev–Trinajstić information content (AvgIpc) is 1.98. The van der Waals surface area contributed by atoms with Crippen LogP contribution >= 0.6 is 10.4 Å². The van der Waals surface area contributed by atoms with Crippen LogP contribution in [0.2, 0.25) is 0 Å². The molecule has 1 saturated heterocycles. The van der Waals surface area contributed by atoms with E-state index in [1.165, 1.54) is 17.2 Å². The van der Waals surface area contributed by atoms with Gasteiger partial charge in [0.2, 0.25) is 0 Å². The molecule has 14 heavy (non-hydrogen) atoms. The van der Waals surface area contributed by atoms with E-state index in [1.807, 2.05) is 0 Å². The summed E-state index contributed by atoms with van der Waals surface area (Å²) in [4.78, 5) is 0. The minimum atomic E-state index is -0.854. The van der Waals surface area contributed by atoms with Gasteiger partial charge in [-0.05, 0) is 44.9 Å². The molecule has 0 amide bonds. The summed E-state index contributed by atoms with van der Waals surface area (Å²) in [5.74, 6) is 0. The largest absolute Gasteiger partial charge is 0.284 e. The van der Waals surface area contributed by atoms with E-state index in [2.05, 4.69) is 38.9 Å². The highest BCUT2D eigenvalue weighted by atomic mass is 32.3. The molecule has 1 heterocycles. The third-order valence-corrected chi connectivity index (χ3v) is 12.7. The van der Waals surface area contributed by atoms with Gasteiger partial charge in [-0.2, -0.15) is 0 Å². The Labute approximate surface area is 93.0 Å². The van der Waals surface area contributed by atoms with E-state index in [4.69, 9.17) is 5.14 Å². The average molecular weight is 234 g/mol. The first-order valence-corrected chi connectivity index (χ1v) is 9.66. The molecule has 1 atom stereocenters. The van der Waals surface area contributed by atoms with Crippen LogP contribution in [0.3, 0.4) is 0 Å². The quantitative estimate of drug-likeness (QED) is 0.751. The van der Waals surface area contributed by atoms with Crippen LogP contribution in [0.15, 0.2) is 0 Å². The van der Waals surface area contributed by atoms with Gasteiger partial charge in [0.05, 0.1) is 0 Å². The van der Waals surface area contributed by atoms with Crippen molar-refractivity contribution in [3.63, 3.8) is 0 Å². The smallest absolute Gasteiger partial charge is 0.0454 e. The molecule has 4 heteroatoms. The number of nitrogens with zero attached hydrogens (tertiary/aromatic N) is 1. The molecule has 0 spiro atoms. The molecule has 1 aliphatic heterocycles. The fourth-order valence-electron chi connectivity index (χ4n) is 2.37. The molecule has 0 aromatic carbocycles. The molecule has 1 rings (SSSR count). The zero-order chi connectivity index (χ0) is 11.0. The molecule has 0 aromatic heterocycles. The molecule has 1 aliphatic rings. The summed E-state index contributed by atoms with van der Waals surface area (Å²) < 4.78 is 2.64. The van der Waals surface area contributed by atoms with Gasteiger partial charge in [0.25, 0.3) is 0 Å². The fraction of sp³-hybridized carbons (Fsp3) is 1.00. The van der Waals surface area contributed by atoms with Crippen LogP contribution in [0.4, 0.5) is 0 Å². The van der Waals surface area contributed by atoms with Crippen molar-refractivity contribution in [2.24, 2.45) is 5.14 Å². The van der Waals surface area contributed by atoms with Crippen LogP contribution in [-0.4, -0.2) is 36.2 Å². The maximum Gasteiger partial charge on any atom is 0.0454 e. The first-order valence-electron chi connectivity index (χ1n) is 5.67. The van der Waals surface area contributed by atoms with Crippen molar-refractivity contribution in [1.82, 2.24) is 4.31 Å². The lowest BCUT2D eigenvalue weighted by Gasteiger charge is -2.59. The van der Waals surface area contributed by atoms with Gasteiger partial charge in [0.15, 0.2) is 0 Å². The molecular formula is C10H26N2SSi. The second-order valence-electron chi connectivity index (χ2n) is 5.42. The highest BCUT2D eigenvalue weighted by Crippen LogP contribution is 2.53. The normalized spacial score (nSPS) is 36.5. The van der Waals surface area contributed by atoms with Crippen LogP contribution in [0.25, 0.3) is 0 Å². The Bertz CT molecular complexity index is 199. The van der Waals surface area contributed by atoms with Gasteiger partial charge in [-0.1, -0.05) is 6.92 Å². The summed E-state index contributed by atoms with van der Waals surface area (Å²) in [6.07, 6.45) is 1.21. The lowest BCUT2D eigenvalue weighted by molar-refractivity contribution is 0.208. The number of hydrogen-bond acceptors (Lipinski definition) is 2. The van der Waals surface area contributed by atoms with Crippen LogP contribution < -0.4 is 5.14 Å². The van der Waals surface area contributed by atoms with Crippen molar-refractivity contribution in [3.8, 4) is 0 Å². The third kappa shape index (κ3) is 2.35. The SMILES string of the molecule is CCC(C)N(C(C)(C)C)S1(N)C[SiH2]C1. The molecule has 0 bridgehead atoms. The maximum atomic E-state index is 6.55. The topological polar surface area (TPSA) is 29.3 Å². The van der Waals surface area contributed by atoms with Gasteiger partial charge in [-0.3, -0.25) is 5.14 Å². The minimum absolute atomic E-state index is 0.231. The second-order valence-corrected chi connectivity index (χ2v) is 11.6. The summed E-state index contributed by atoms with van der Waals surface area (Å²) in [5.41, 5.74) is 0.244. The molecule has 0 aromatic rings. The first kappa shape index (κ1) is 12.6. The van der Waals surface area contributed by atoms with E-state index >= 15 is 0 Å². The van der Waals surface area contributed by atoms with Crippen molar-refractivity contribution in [3.05, 3.63) is 0 Å². The maximum absolute atomic E-state index is 6.55. The van der Waals surface area contributed by atoms with Crippen LogP contribution in [0.5, 0.6) is 0 Å². The van der Waals surface area contributed by atoms with Gasteiger partial charge in [-0.25, -0.2) is 4.31 Å². The summed E-state index contributed by atoms with van der Waals surface area (Å²) in [7, 11) is -0.623. The Balaban J connectivity index is 2.82. The fourth-order valence-corrected chi connectivity index (χ4v) is 9.42. The zero-order valence-corrected chi connectivity index (χ0v) is 12.6. The van der Waals surface area contributed by atoms with Gasteiger partial charge in [-0.15, -0.1) is 10.4 Å². The van der Waals surface area contributed by atoms with Crippen molar-refractivity contribution in [2.45, 2.75) is 52.6 Å². The van der Waals surface area contributed by atoms with E-state index in [9.17, 15) is 0 Å². The molecule has 1 fully saturated rings. The number of rotatable bonds is 3. The molecule has 2 nitrogen and oxygen atoms in total. The summed E-state index contributed by atoms with van der Waals surface area (Å²) in [6.45, 7) is 11.5. The van der Waals surface area contributed by atoms with E-state index in [0.29, 0.717) is 6.04 Å². The second kappa shape index (κ2) is 4.16. The lowest BCUT2D eigenvalue weighted by atomic mass is 10.1. The Hall–Kier alpha value is 0.487. The van der Waals surface area contributed by atoms with Crippen molar-refractivity contribution in [1.29, 1.82) is 0 Å². The van der Waals surface area contributed by atoms with Crippen molar-refractivity contribution in [2.75, 3.05) is 10.8 Å². The van der Waals surface area contributed by atoms with E-state index < -0.39 is 10.4 Å². The molecule has 0 aliphatic carbocycles. The van der Waals surface area contributed by atoms with Crippen molar-refractivity contribution >= 4 is 19.9 Å². The molecule has 0 radical (unpaired) electrons. The first-order chi connectivity index (χ1) is 6.31. The minimum Gasteiger partial charge on any atom is -0.284 e. The molecule has 2 N–H and O–H groups in total. The predicted molar refractivity (Wildman–Crippen MR) is 71.4 cm³/mol. The molecule has 1 unspecified atom stereocenters. The van der Waals surface area contributed by atoms with E-state index in [0.717, 1.165) is 0 Å². The third-order valence-electron chi connectivity index (χ3n) is 3.04. The predicted octanol–water partition coefficient (Wildman–Crippen LogP) is 1.58. The monoisotopic (exact) mass is 234 g/mol. The lowest BCUT2D eigenvalue weighted by Crippen LogP contribution is -2.57. The summed E-state index contributed by atoms with van der Waals surface area (Å²) >= 11 is 0. The van der Waals surface area contributed by atoms with Crippen LogP contribution in [-0.2, 0) is 0 Å². The summed E-state index contributed by atoms with van der Waals surface area (Å²) in [6, 6.07) is 0.643. The zero-order valence-electron chi connectivity index (χ0n) is 10.3. The highest BCUT2D eigenvalue weighted by Gasteiger charge is 2.41. The van der Waals surface area contributed by atoms with Crippen LogP contribution in [0, 0.1) is 0 Å². The van der Waals surface area contributed by atoms with Gasteiger partial charge in [0.1, 0.15) is 0 Å². The van der Waals surface area contributed by atoms with E-state index in [1.54, 1.807) is 0 Å². The Kier molecular flexibility index (Phi) is 3.73. The number of nitrogens with two attached hydrogens (primary N) is 1. The highest BCUT2D eigenvalue weighted by molar-refractivity contribution is 8.34. The van der Waals surface area contributed by atoms with Gasteiger partial charge < -0.3 is 0 Å². The van der Waals surface area contributed by atoms with Gasteiger partial charge in [0, 0.05) is 21.1 Å².